The summed E-state index contributed by atoms with van der Waals surface area (Å²) < 4.78 is 0. The predicted molar refractivity (Wildman–Crippen MR) is 69.1 cm³/mol. The van der Waals surface area contributed by atoms with Gasteiger partial charge in [0.2, 0.25) is 0 Å². The number of nitrogens with zero attached hydrogens (tertiary/aromatic N) is 1. The van der Waals surface area contributed by atoms with Gasteiger partial charge in [-0.3, -0.25) is 4.79 Å². The monoisotopic (exact) mass is 263 g/mol. The molecule has 1 heterocycles. The Balaban J connectivity index is 2.33. The summed E-state index contributed by atoms with van der Waals surface area (Å²) in [5.74, 6) is -1.60. The molecule has 1 aliphatic heterocycles. The normalized spacial score (nSPS) is 22.5. The number of carbonyl (C=O) groups is 2. The molecule has 1 fully saturated rings. The summed E-state index contributed by atoms with van der Waals surface area (Å²) in [5, 5.41) is 19.0. The average molecular weight is 263 g/mol. The molecule has 5 nitrogen and oxygen atoms in total. The Hall–Kier alpha value is -2.04. The lowest BCUT2D eigenvalue weighted by atomic mass is 10.0. The Morgan fingerprint density at radius 3 is 2.68 bits per heavy atom. The molecule has 0 aliphatic carbocycles. The van der Waals surface area contributed by atoms with E-state index in [1.165, 1.54) is 11.0 Å². The number of carboxylic acids is 1. The first-order chi connectivity index (χ1) is 8.91. The Labute approximate surface area is 111 Å². The summed E-state index contributed by atoms with van der Waals surface area (Å²) in [6.45, 7) is 4.05. The third-order valence-corrected chi connectivity index (χ3v) is 3.60. The van der Waals surface area contributed by atoms with Crippen molar-refractivity contribution in [2.24, 2.45) is 5.92 Å². The van der Waals surface area contributed by atoms with Crippen molar-refractivity contribution >= 4 is 11.9 Å². The number of amides is 1. The van der Waals surface area contributed by atoms with E-state index >= 15 is 0 Å². The average Bonchev–Trinajstić information content (AvgIpc) is 2.73. The lowest BCUT2D eigenvalue weighted by Crippen LogP contribution is -2.42. The van der Waals surface area contributed by atoms with E-state index in [1.807, 2.05) is 13.8 Å². The maximum Gasteiger partial charge on any atom is 0.326 e. The van der Waals surface area contributed by atoms with Crippen molar-refractivity contribution in [2.45, 2.75) is 26.3 Å². The van der Waals surface area contributed by atoms with Gasteiger partial charge < -0.3 is 15.1 Å². The highest BCUT2D eigenvalue weighted by atomic mass is 16.4. The minimum Gasteiger partial charge on any atom is -0.507 e. The number of phenolic OH excluding ortho intramolecular Hbond substituents is 1. The van der Waals surface area contributed by atoms with Crippen LogP contribution in [0.25, 0.3) is 0 Å². The van der Waals surface area contributed by atoms with Crippen LogP contribution in [0.15, 0.2) is 18.2 Å². The van der Waals surface area contributed by atoms with Crippen LogP contribution in [0.2, 0.25) is 0 Å². The van der Waals surface area contributed by atoms with Crippen molar-refractivity contribution in [3.05, 3.63) is 29.3 Å². The molecule has 19 heavy (non-hydrogen) atoms. The highest BCUT2D eigenvalue weighted by molar-refractivity contribution is 5.99. The number of phenols is 1. The molecular weight excluding hydrogens is 246 g/mol. The maximum absolute atomic E-state index is 12.4. The second kappa shape index (κ2) is 4.91. The molecule has 1 amide bonds. The van der Waals surface area contributed by atoms with Gasteiger partial charge in [0.15, 0.2) is 0 Å². The zero-order chi connectivity index (χ0) is 14.2. The van der Waals surface area contributed by atoms with Crippen LogP contribution >= 0.6 is 0 Å². The molecule has 1 aliphatic rings. The van der Waals surface area contributed by atoms with Gasteiger partial charge in [-0.05, 0) is 31.4 Å². The molecule has 0 saturated carbocycles. The summed E-state index contributed by atoms with van der Waals surface area (Å²) in [7, 11) is 0. The number of benzene rings is 1. The highest BCUT2D eigenvalue weighted by Gasteiger charge is 2.40. The van der Waals surface area contributed by atoms with Crippen molar-refractivity contribution < 1.29 is 19.8 Å². The van der Waals surface area contributed by atoms with E-state index in [1.54, 1.807) is 12.1 Å². The third kappa shape index (κ3) is 2.41. The first-order valence-electron chi connectivity index (χ1n) is 6.25. The van der Waals surface area contributed by atoms with Crippen LogP contribution in [-0.4, -0.2) is 39.6 Å². The largest absolute Gasteiger partial charge is 0.507 e. The Bertz CT molecular complexity index is 526. The van der Waals surface area contributed by atoms with E-state index in [-0.39, 0.29) is 17.2 Å². The molecule has 2 unspecified atom stereocenters. The first kappa shape index (κ1) is 13.4. The molecular formula is C14H17NO4. The molecule has 2 atom stereocenters. The van der Waals surface area contributed by atoms with Crippen molar-refractivity contribution in [3.63, 3.8) is 0 Å². The molecule has 2 N–H and O–H groups in total. The van der Waals surface area contributed by atoms with Gasteiger partial charge in [0.1, 0.15) is 11.8 Å². The molecule has 0 aromatic heterocycles. The van der Waals surface area contributed by atoms with Crippen molar-refractivity contribution in [2.75, 3.05) is 6.54 Å². The topological polar surface area (TPSA) is 77.8 Å². The van der Waals surface area contributed by atoms with E-state index in [0.29, 0.717) is 13.0 Å². The molecule has 2 rings (SSSR count). The minimum absolute atomic E-state index is 0.0756. The van der Waals surface area contributed by atoms with Gasteiger partial charge in [0.25, 0.3) is 5.91 Å². The molecule has 1 aromatic carbocycles. The van der Waals surface area contributed by atoms with Gasteiger partial charge in [0, 0.05) is 6.54 Å². The zero-order valence-electron chi connectivity index (χ0n) is 11.0. The number of rotatable bonds is 2. The van der Waals surface area contributed by atoms with Crippen LogP contribution in [-0.2, 0) is 4.79 Å². The number of hydrogen-bond acceptors (Lipinski definition) is 3. The van der Waals surface area contributed by atoms with Crippen LogP contribution in [0.4, 0.5) is 0 Å². The molecule has 5 heteroatoms. The fraction of sp³-hybridized carbons (Fsp3) is 0.429. The number of aryl methyl sites for hydroxylation is 1. The fourth-order valence-corrected chi connectivity index (χ4v) is 2.53. The summed E-state index contributed by atoms with van der Waals surface area (Å²) in [4.78, 5) is 25.0. The third-order valence-electron chi connectivity index (χ3n) is 3.60. The summed E-state index contributed by atoms with van der Waals surface area (Å²) in [6, 6.07) is 3.93. The van der Waals surface area contributed by atoms with Gasteiger partial charge in [-0.1, -0.05) is 18.6 Å². The van der Waals surface area contributed by atoms with E-state index in [2.05, 4.69) is 0 Å². The molecule has 0 radical (unpaired) electrons. The quantitative estimate of drug-likeness (QED) is 0.850. The maximum atomic E-state index is 12.4. The number of aliphatic carboxylic acids is 1. The van der Waals surface area contributed by atoms with Crippen LogP contribution in [0, 0.1) is 12.8 Å². The summed E-state index contributed by atoms with van der Waals surface area (Å²) >= 11 is 0. The molecule has 0 bridgehead atoms. The predicted octanol–water partition coefficient (Wildman–Crippen LogP) is 1.64. The Morgan fingerprint density at radius 1 is 1.37 bits per heavy atom. The first-order valence-corrected chi connectivity index (χ1v) is 6.25. The number of carboxylic acid groups (broad SMARTS) is 1. The van der Waals surface area contributed by atoms with Gasteiger partial charge in [-0.15, -0.1) is 0 Å². The lowest BCUT2D eigenvalue weighted by Gasteiger charge is -2.23. The zero-order valence-corrected chi connectivity index (χ0v) is 11.0. The van der Waals surface area contributed by atoms with Crippen LogP contribution in [0.5, 0.6) is 5.75 Å². The molecule has 0 spiro atoms. The smallest absolute Gasteiger partial charge is 0.326 e. The minimum atomic E-state index is -0.995. The summed E-state index contributed by atoms with van der Waals surface area (Å²) in [5.41, 5.74) is 1.01. The van der Waals surface area contributed by atoms with Crippen molar-refractivity contribution in [1.29, 1.82) is 0 Å². The Kier molecular flexibility index (Phi) is 3.46. The van der Waals surface area contributed by atoms with Gasteiger partial charge >= 0.3 is 5.97 Å². The van der Waals surface area contributed by atoms with Crippen molar-refractivity contribution in [3.8, 4) is 5.75 Å². The van der Waals surface area contributed by atoms with Gasteiger partial charge in [-0.25, -0.2) is 4.79 Å². The SMILES string of the molecule is Cc1ccc(O)c(C(=O)N2CCC(C)C2C(=O)O)c1. The second-order valence-corrected chi connectivity index (χ2v) is 5.07. The Morgan fingerprint density at radius 2 is 2.05 bits per heavy atom. The molecule has 102 valence electrons. The summed E-state index contributed by atoms with van der Waals surface area (Å²) in [6.07, 6.45) is 0.662. The van der Waals surface area contributed by atoms with Crippen LogP contribution in [0.3, 0.4) is 0 Å². The number of likely N-dealkylation sites (tertiary alicyclic amines) is 1. The van der Waals surface area contributed by atoms with Crippen LogP contribution < -0.4 is 0 Å². The van der Waals surface area contributed by atoms with Gasteiger partial charge in [-0.2, -0.15) is 0 Å². The lowest BCUT2D eigenvalue weighted by molar-refractivity contribution is -0.142. The van der Waals surface area contributed by atoms with E-state index in [0.717, 1.165) is 5.56 Å². The molecule has 1 aromatic rings. The number of hydrogen-bond donors (Lipinski definition) is 2. The second-order valence-electron chi connectivity index (χ2n) is 5.07. The highest BCUT2D eigenvalue weighted by Crippen LogP contribution is 2.28. The van der Waals surface area contributed by atoms with Gasteiger partial charge in [0.05, 0.1) is 5.56 Å². The number of carbonyl (C=O) groups excluding carboxylic acids is 1. The van der Waals surface area contributed by atoms with E-state index < -0.39 is 17.9 Å². The van der Waals surface area contributed by atoms with Crippen LogP contribution in [0.1, 0.15) is 29.3 Å². The fourth-order valence-electron chi connectivity index (χ4n) is 2.53. The van der Waals surface area contributed by atoms with Crippen molar-refractivity contribution in [1.82, 2.24) is 4.90 Å². The van der Waals surface area contributed by atoms with E-state index in [4.69, 9.17) is 0 Å². The van der Waals surface area contributed by atoms with E-state index in [9.17, 15) is 19.8 Å². The standard InChI is InChI=1S/C14H17NO4/c1-8-3-4-11(16)10(7-8)13(17)15-6-5-9(2)12(15)14(18)19/h3-4,7,9,12,16H,5-6H2,1-2H3,(H,18,19). The molecule has 1 saturated heterocycles. The number of aromatic hydroxyl groups is 1.